The summed E-state index contributed by atoms with van der Waals surface area (Å²) in [6.45, 7) is 2.09. The SMILES string of the molecule is CCSCc1noc(CC2(CC(=O)O)CCCC2)n1. The van der Waals surface area contributed by atoms with Crippen LogP contribution in [-0.4, -0.2) is 27.0 Å². The van der Waals surface area contributed by atoms with Gasteiger partial charge in [0.25, 0.3) is 0 Å². The van der Waals surface area contributed by atoms with Crippen molar-refractivity contribution in [1.29, 1.82) is 0 Å². The Morgan fingerprint density at radius 2 is 2.21 bits per heavy atom. The molecule has 0 aliphatic heterocycles. The third-order valence-electron chi connectivity index (χ3n) is 3.66. The van der Waals surface area contributed by atoms with E-state index in [4.69, 9.17) is 9.63 Å². The molecule has 2 rings (SSSR count). The highest BCUT2D eigenvalue weighted by atomic mass is 32.2. The molecule has 0 unspecified atom stereocenters. The van der Waals surface area contributed by atoms with Crippen LogP contribution in [0.4, 0.5) is 0 Å². The molecule has 0 aromatic carbocycles. The predicted molar refractivity (Wildman–Crippen MR) is 73.0 cm³/mol. The van der Waals surface area contributed by atoms with Crippen LogP contribution in [-0.2, 0) is 17.0 Å². The summed E-state index contributed by atoms with van der Waals surface area (Å²) in [7, 11) is 0. The Balaban J connectivity index is 2.00. The molecule has 1 aromatic heterocycles. The first kappa shape index (κ1) is 14.4. The molecule has 0 saturated heterocycles. The molecular weight excluding hydrogens is 264 g/mol. The summed E-state index contributed by atoms with van der Waals surface area (Å²) < 4.78 is 5.26. The molecule has 0 atom stereocenters. The van der Waals surface area contributed by atoms with Gasteiger partial charge >= 0.3 is 5.97 Å². The molecule has 0 bridgehead atoms. The van der Waals surface area contributed by atoms with Gasteiger partial charge in [-0.3, -0.25) is 4.79 Å². The van der Waals surface area contributed by atoms with E-state index in [1.807, 2.05) is 0 Å². The van der Waals surface area contributed by atoms with Gasteiger partial charge in [0.05, 0.1) is 12.2 Å². The van der Waals surface area contributed by atoms with Crippen molar-refractivity contribution in [2.75, 3.05) is 5.75 Å². The first-order chi connectivity index (χ1) is 9.13. The van der Waals surface area contributed by atoms with Crippen molar-refractivity contribution in [2.24, 2.45) is 5.41 Å². The third-order valence-corrected chi connectivity index (χ3v) is 4.53. The third kappa shape index (κ3) is 3.96. The molecule has 1 aromatic rings. The molecule has 1 aliphatic carbocycles. The largest absolute Gasteiger partial charge is 0.481 e. The lowest BCUT2D eigenvalue weighted by Crippen LogP contribution is -2.24. The zero-order chi connectivity index (χ0) is 13.7. The second-order valence-corrected chi connectivity index (χ2v) is 6.47. The van der Waals surface area contributed by atoms with Crippen LogP contribution >= 0.6 is 11.8 Å². The first-order valence-electron chi connectivity index (χ1n) is 6.74. The Kier molecular flexibility index (Phi) is 4.85. The Hall–Kier alpha value is -1.04. The predicted octanol–water partition coefficient (Wildman–Crippen LogP) is 2.90. The van der Waals surface area contributed by atoms with E-state index < -0.39 is 5.97 Å². The molecule has 1 N–H and O–H groups in total. The number of carboxylic acids is 1. The van der Waals surface area contributed by atoms with Crippen LogP contribution in [0.15, 0.2) is 4.52 Å². The van der Waals surface area contributed by atoms with Gasteiger partial charge in [-0.2, -0.15) is 16.7 Å². The van der Waals surface area contributed by atoms with E-state index in [-0.39, 0.29) is 11.8 Å². The Morgan fingerprint density at radius 3 is 2.84 bits per heavy atom. The average Bonchev–Trinajstić information content (AvgIpc) is 2.96. The van der Waals surface area contributed by atoms with Gasteiger partial charge < -0.3 is 9.63 Å². The summed E-state index contributed by atoms with van der Waals surface area (Å²) in [6.07, 6.45) is 4.89. The standard InChI is InChI=1S/C13H20N2O3S/c1-2-19-9-10-14-11(18-15-10)7-13(8-12(16)17)5-3-4-6-13/h2-9H2,1H3,(H,16,17). The lowest BCUT2D eigenvalue weighted by atomic mass is 9.79. The summed E-state index contributed by atoms with van der Waals surface area (Å²) in [5.41, 5.74) is -0.173. The maximum absolute atomic E-state index is 11.0. The topological polar surface area (TPSA) is 76.2 Å². The van der Waals surface area contributed by atoms with Gasteiger partial charge in [-0.05, 0) is 24.0 Å². The van der Waals surface area contributed by atoms with Crippen LogP contribution in [0.3, 0.4) is 0 Å². The normalized spacial score (nSPS) is 17.7. The first-order valence-corrected chi connectivity index (χ1v) is 7.90. The van der Waals surface area contributed by atoms with Crippen molar-refractivity contribution in [3.8, 4) is 0 Å². The molecule has 6 heteroatoms. The molecule has 0 radical (unpaired) electrons. The number of carbonyl (C=O) groups is 1. The molecule has 19 heavy (non-hydrogen) atoms. The zero-order valence-electron chi connectivity index (χ0n) is 11.2. The van der Waals surface area contributed by atoms with Crippen LogP contribution in [0.25, 0.3) is 0 Å². The van der Waals surface area contributed by atoms with Gasteiger partial charge in [0.2, 0.25) is 5.89 Å². The highest BCUT2D eigenvalue weighted by Gasteiger charge is 2.37. The molecule has 1 aliphatic rings. The van der Waals surface area contributed by atoms with Crippen molar-refractivity contribution in [3.63, 3.8) is 0 Å². The molecular formula is C13H20N2O3S. The second-order valence-electron chi connectivity index (χ2n) is 5.20. The molecule has 5 nitrogen and oxygen atoms in total. The van der Waals surface area contributed by atoms with E-state index in [2.05, 4.69) is 17.1 Å². The van der Waals surface area contributed by atoms with Crippen molar-refractivity contribution in [1.82, 2.24) is 10.1 Å². The number of nitrogens with zero attached hydrogens (tertiary/aromatic N) is 2. The minimum atomic E-state index is -0.733. The Morgan fingerprint density at radius 1 is 1.47 bits per heavy atom. The summed E-state index contributed by atoms with van der Waals surface area (Å²) in [4.78, 5) is 15.4. The minimum absolute atomic E-state index is 0.173. The van der Waals surface area contributed by atoms with E-state index in [9.17, 15) is 4.79 Å². The summed E-state index contributed by atoms with van der Waals surface area (Å²) >= 11 is 1.75. The van der Waals surface area contributed by atoms with Crippen LogP contribution in [0.2, 0.25) is 0 Å². The minimum Gasteiger partial charge on any atom is -0.481 e. The fourth-order valence-corrected chi connectivity index (χ4v) is 3.30. The second kappa shape index (κ2) is 6.41. The van der Waals surface area contributed by atoms with Gasteiger partial charge in [-0.25, -0.2) is 0 Å². The molecule has 1 fully saturated rings. The Labute approximate surface area is 117 Å². The van der Waals surface area contributed by atoms with Crippen LogP contribution in [0.1, 0.15) is 50.7 Å². The average molecular weight is 284 g/mol. The molecule has 0 spiro atoms. The van der Waals surface area contributed by atoms with E-state index in [1.165, 1.54) is 0 Å². The smallest absolute Gasteiger partial charge is 0.303 e. The van der Waals surface area contributed by atoms with Crippen molar-refractivity contribution in [3.05, 3.63) is 11.7 Å². The van der Waals surface area contributed by atoms with Crippen molar-refractivity contribution >= 4 is 17.7 Å². The van der Waals surface area contributed by atoms with E-state index in [1.54, 1.807) is 11.8 Å². The van der Waals surface area contributed by atoms with E-state index in [0.29, 0.717) is 18.1 Å². The fourth-order valence-electron chi connectivity index (χ4n) is 2.80. The highest BCUT2D eigenvalue weighted by molar-refractivity contribution is 7.98. The number of thioether (sulfide) groups is 1. The molecule has 106 valence electrons. The number of aliphatic carboxylic acids is 1. The van der Waals surface area contributed by atoms with Crippen molar-refractivity contribution < 1.29 is 14.4 Å². The quantitative estimate of drug-likeness (QED) is 0.829. The van der Waals surface area contributed by atoms with E-state index in [0.717, 1.165) is 37.2 Å². The van der Waals surface area contributed by atoms with Gasteiger partial charge in [-0.1, -0.05) is 24.9 Å². The monoisotopic (exact) mass is 284 g/mol. The number of aromatic nitrogens is 2. The molecule has 0 amide bonds. The number of hydrogen-bond acceptors (Lipinski definition) is 5. The highest BCUT2D eigenvalue weighted by Crippen LogP contribution is 2.43. The fraction of sp³-hybridized carbons (Fsp3) is 0.769. The number of carboxylic acid groups (broad SMARTS) is 1. The van der Waals surface area contributed by atoms with Crippen LogP contribution < -0.4 is 0 Å². The summed E-state index contributed by atoms with van der Waals surface area (Å²) in [6, 6.07) is 0. The van der Waals surface area contributed by atoms with Crippen LogP contribution in [0.5, 0.6) is 0 Å². The zero-order valence-corrected chi connectivity index (χ0v) is 12.0. The van der Waals surface area contributed by atoms with E-state index >= 15 is 0 Å². The lowest BCUT2D eigenvalue weighted by molar-refractivity contribution is -0.139. The number of hydrogen-bond donors (Lipinski definition) is 1. The summed E-state index contributed by atoms with van der Waals surface area (Å²) in [5.74, 6) is 2.35. The van der Waals surface area contributed by atoms with Gasteiger partial charge in [0.1, 0.15) is 0 Å². The summed E-state index contributed by atoms with van der Waals surface area (Å²) in [5, 5.41) is 13.0. The molecule has 1 saturated carbocycles. The molecule has 1 heterocycles. The van der Waals surface area contributed by atoms with Crippen LogP contribution in [0, 0.1) is 5.41 Å². The van der Waals surface area contributed by atoms with Gasteiger partial charge in [0.15, 0.2) is 5.82 Å². The Bertz CT molecular complexity index is 427. The van der Waals surface area contributed by atoms with Crippen molar-refractivity contribution in [2.45, 2.75) is 51.2 Å². The number of rotatable bonds is 7. The maximum atomic E-state index is 11.0. The van der Waals surface area contributed by atoms with Gasteiger partial charge in [0, 0.05) is 6.42 Å². The maximum Gasteiger partial charge on any atom is 0.303 e. The lowest BCUT2D eigenvalue weighted by Gasteiger charge is -2.24. The van der Waals surface area contributed by atoms with Gasteiger partial charge in [-0.15, -0.1) is 0 Å².